The summed E-state index contributed by atoms with van der Waals surface area (Å²) in [5.74, 6) is 1.53. The lowest BCUT2D eigenvalue weighted by Gasteiger charge is -2.33. The summed E-state index contributed by atoms with van der Waals surface area (Å²) >= 11 is 0. The average Bonchev–Trinajstić information content (AvgIpc) is 2.43. The van der Waals surface area contributed by atoms with E-state index in [1.807, 2.05) is 12.1 Å². The number of ether oxygens (including phenoxy) is 1. The maximum absolute atomic E-state index is 12.1. The first-order valence-electron chi connectivity index (χ1n) is 8.53. The van der Waals surface area contributed by atoms with Crippen LogP contribution in [0.1, 0.15) is 64.4 Å². The normalized spacial score (nSPS) is 20.9. The van der Waals surface area contributed by atoms with Gasteiger partial charge in [0, 0.05) is 0 Å². The van der Waals surface area contributed by atoms with Crippen molar-refractivity contribution < 1.29 is 9.53 Å². The molecular weight excluding hydrogens is 260 g/mol. The van der Waals surface area contributed by atoms with E-state index in [1.54, 1.807) is 0 Å². The van der Waals surface area contributed by atoms with Crippen molar-refractivity contribution in [1.82, 2.24) is 0 Å². The summed E-state index contributed by atoms with van der Waals surface area (Å²) < 4.78 is 5.49. The first-order valence-corrected chi connectivity index (χ1v) is 8.53. The fraction of sp³-hybridized carbons (Fsp3) is 0.632. The maximum atomic E-state index is 12.1. The van der Waals surface area contributed by atoms with Crippen molar-refractivity contribution in [1.29, 1.82) is 0 Å². The minimum absolute atomic E-state index is 0.0371. The molecule has 21 heavy (non-hydrogen) atoms. The number of rotatable bonds is 8. The number of carbonyl (C=O) groups is 1. The van der Waals surface area contributed by atoms with Gasteiger partial charge in [0.25, 0.3) is 0 Å². The second kappa shape index (κ2) is 8.21. The molecule has 116 valence electrons. The molecule has 1 aromatic rings. The van der Waals surface area contributed by atoms with Crippen LogP contribution in [0.2, 0.25) is 0 Å². The number of carbonyl (C=O) groups excluding carboxylic acids is 1. The van der Waals surface area contributed by atoms with Gasteiger partial charge >= 0.3 is 5.97 Å². The molecule has 0 heterocycles. The molecular formula is C19H28O2. The summed E-state index contributed by atoms with van der Waals surface area (Å²) in [6.45, 7) is 4.40. The highest BCUT2D eigenvalue weighted by Crippen LogP contribution is 2.38. The van der Waals surface area contributed by atoms with Crippen LogP contribution in [-0.2, 0) is 11.2 Å². The number of hydrogen-bond acceptors (Lipinski definition) is 2. The largest absolute Gasteiger partial charge is 0.426 e. The highest BCUT2D eigenvalue weighted by atomic mass is 16.5. The first kappa shape index (κ1) is 16.1. The molecule has 0 bridgehead atoms. The van der Waals surface area contributed by atoms with Gasteiger partial charge in [-0.05, 0) is 42.9 Å². The Balaban J connectivity index is 1.70. The van der Waals surface area contributed by atoms with E-state index in [4.69, 9.17) is 4.74 Å². The Bertz CT molecular complexity index is 429. The number of aryl methyl sites for hydroxylation is 1. The van der Waals surface area contributed by atoms with E-state index in [0.29, 0.717) is 5.75 Å². The molecule has 0 N–H and O–H groups in total. The smallest absolute Gasteiger partial charge is 0.314 e. The van der Waals surface area contributed by atoms with Crippen molar-refractivity contribution >= 4 is 5.97 Å². The van der Waals surface area contributed by atoms with Crippen molar-refractivity contribution in [2.75, 3.05) is 0 Å². The van der Waals surface area contributed by atoms with Crippen molar-refractivity contribution in [2.24, 2.45) is 11.8 Å². The standard InChI is InChI=1S/C19H28O2/c1-3-5-6-8-16-13-17(14-16)19(20)21-18-11-9-15(7-4-2)10-12-18/h9-12,16-17H,3-8,13-14H2,1-2H3. The number of unbranched alkanes of at least 4 members (excludes halogenated alkanes) is 2. The van der Waals surface area contributed by atoms with E-state index in [2.05, 4.69) is 26.0 Å². The fourth-order valence-electron chi connectivity index (χ4n) is 3.06. The Hall–Kier alpha value is -1.31. The molecule has 0 spiro atoms. The van der Waals surface area contributed by atoms with E-state index >= 15 is 0 Å². The quantitative estimate of drug-likeness (QED) is 0.375. The molecule has 1 aromatic carbocycles. The molecule has 1 aliphatic carbocycles. The van der Waals surface area contributed by atoms with E-state index in [0.717, 1.165) is 31.6 Å². The lowest BCUT2D eigenvalue weighted by atomic mass is 9.72. The Morgan fingerprint density at radius 2 is 1.81 bits per heavy atom. The highest BCUT2D eigenvalue weighted by molar-refractivity contribution is 5.76. The van der Waals surface area contributed by atoms with E-state index < -0.39 is 0 Å². The van der Waals surface area contributed by atoms with Crippen molar-refractivity contribution in [3.05, 3.63) is 29.8 Å². The third kappa shape index (κ3) is 4.87. The fourth-order valence-corrected chi connectivity index (χ4v) is 3.06. The molecule has 1 saturated carbocycles. The van der Waals surface area contributed by atoms with Gasteiger partial charge in [0.15, 0.2) is 0 Å². The van der Waals surface area contributed by atoms with E-state index in [-0.39, 0.29) is 11.9 Å². The van der Waals surface area contributed by atoms with Gasteiger partial charge in [-0.1, -0.05) is 58.1 Å². The number of esters is 1. The van der Waals surface area contributed by atoms with Crippen LogP contribution in [0.25, 0.3) is 0 Å². The molecule has 0 aromatic heterocycles. The Kier molecular flexibility index (Phi) is 6.28. The van der Waals surface area contributed by atoms with Crippen LogP contribution in [-0.4, -0.2) is 5.97 Å². The lowest BCUT2D eigenvalue weighted by molar-refractivity contribution is -0.143. The van der Waals surface area contributed by atoms with Gasteiger partial charge in [-0.2, -0.15) is 0 Å². The predicted molar refractivity (Wildman–Crippen MR) is 86.4 cm³/mol. The van der Waals surface area contributed by atoms with Crippen molar-refractivity contribution in [3.8, 4) is 5.75 Å². The summed E-state index contributed by atoms with van der Waals surface area (Å²) in [6, 6.07) is 7.95. The van der Waals surface area contributed by atoms with Crippen molar-refractivity contribution in [2.45, 2.75) is 65.2 Å². The van der Waals surface area contributed by atoms with Gasteiger partial charge < -0.3 is 4.74 Å². The zero-order valence-electron chi connectivity index (χ0n) is 13.4. The molecule has 0 atom stereocenters. The van der Waals surface area contributed by atoms with Crippen LogP contribution in [0.5, 0.6) is 5.75 Å². The van der Waals surface area contributed by atoms with Gasteiger partial charge in [0.1, 0.15) is 5.75 Å². The number of hydrogen-bond donors (Lipinski definition) is 0. The molecule has 0 saturated heterocycles. The zero-order chi connectivity index (χ0) is 15.1. The summed E-state index contributed by atoms with van der Waals surface area (Å²) in [5, 5.41) is 0. The second-order valence-electron chi connectivity index (χ2n) is 6.35. The summed E-state index contributed by atoms with van der Waals surface area (Å²) in [6.07, 6.45) is 9.44. The summed E-state index contributed by atoms with van der Waals surface area (Å²) in [5.41, 5.74) is 1.30. The Morgan fingerprint density at radius 1 is 1.10 bits per heavy atom. The van der Waals surface area contributed by atoms with Gasteiger partial charge in [-0.3, -0.25) is 4.79 Å². The van der Waals surface area contributed by atoms with Crippen LogP contribution in [0.3, 0.4) is 0 Å². The third-order valence-corrected chi connectivity index (χ3v) is 4.47. The second-order valence-corrected chi connectivity index (χ2v) is 6.35. The Labute approximate surface area is 128 Å². The maximum Gasteiger partial charge on any atom is 0.314 e. The lowest BCUT2D eigenvalue weighted by Crippen LogP contribution is -2.33. The molecule has 0 amide bonds. The topological polar surface area (TPSA) is 26.3 Å². The van der Waals surface area contributed by atoms with E-state index in [9.17, 15) is 4.79 Å². The molecule has 2 nitrogen and oxygen atoms in total. The first-order chi connectivity index (χ1) is 10.2. The summed E-state index contributed by atoms with van der Waals surface area (Å²) in [7, 11) is 0. The van der Waals surface area contributed by atoms with Gasteiger partial charge in [0.2, 0.25) is 0 Å². The SMILES string of the molecule is CCCCCC1CC(C(=O)Oc2ccc(CCC)cc2)C1. The third-order valence-electron chi connectivity index (χ3n) is 4.47. The van der Waals surface area contributed by atoms with Crippen LogP contribution >= 0.6 is 0 Å². The monoisotopic (exact) mass is 288 g/mol. The minimum atomic E-state index is -0.0371. The average molecular weight is 288 g/mol. The predicted octanol–water partition coefficient (Wildman–Crippen LogP) is 5.15. The molecule has 0 aliphatic heterocycles. The molecule has 0 radical (unpaired) electrons. The van der Waals surface area contributed by atoms with Gasteiger partial charge in [-0.25, -0.2) is 0 Å². The number of benzene rings is 1. The minimum Gasteiger partial charge on any atom is -0.426 e. The zero-order valence-corrected chi connectivity index (χ0v) is 13.4. The summed E-state index contributed by atoms with van der Waals surface area (Å²) in [4.78, 5) is 12.1. The molecule has 2 heteroatoms. The van der Waals surface area contributed by atoms with Crippen molar-refractivity contribution in [3.63, 3.8) is 0 Å². The molecule has 0 unspecified atom stereocenters. The van der Waals surface area contributed by atoms with Crippen LogP contribution < -0.4 is 4.74 Å². The highest BCUT2D eigenvalue weighted by Gasteiger charge is 2.35. The van der Waals surface area contributed by atoms with Gasteiger partial charge in [0.05, 0.1) is 5.92 Å². The van der Waals surface area contributed by atoms with Crippen LogP contribution in [0, 0.1) is 11.8 Å². The van der Waals surface area contributed by atoms with E-state index in [1.165, 1.54) is 31.2 Å². The van der Waals surface area contributed by atoms with Gasteiger partial charge in [-0.15, -0.1) is 0 Å². The van der Waals surface area contributed by atoms with Crippen LogP contribution in [0.15, 0.2) is 24.3 Å². The molecule has 1 aliphatic rings. The molecule has 1 fully saturated rings. The van der Waals surface area contributed by atoms with Crippen LogP contribution in [0.4, 0.5) is 0 Å². The Morgan fingerprint density at radius 3 is 2.43 bits per heavy atom. The molecule has 2 rings (SSSR count).